The predicted octanol–water partition coefficient (Wildman–Crippen LogP) is 4.89. The van der Waals surface area contributed by atoms with E-state index in [4.69, 9.17) is 0 Å². The summed E-state index contributed by atoms with van der Waals surface area (Å²) < 4.78 is 66.6. The van der Waals surface area contributed by atoms with Gasteiger partial charge in [0.05, 0.1) is 17.9 Å². The summed E-state index contributed by atoms with van der Waals surface area (Å²) in [5, 5.41) is 17.8. The Morgan fingerprint density at radius 1 is 0.973 bits per heavy atom. The molecule has 0 bridgehead atoms. The Hall–Kier alpha value is -2.98. The minimum Gasteiger partial charge on any atom is -0.388 e. The molecule has 0 fully saturated rings. The largest absolute Gasteiger partial charge is 0.416 e. The lowest BCUT2D eigenvalue weighted by molar-refractivity contribution is -0.0889. The molecule has 2 aliphatic rings. The van der Waals surface area contributed by atoms with Crippen molar-refractivity contribution in [3.63, 3.8) is 0 Å². The zero-order valence-corrected chi connectivity index (χ0v) is 21.5. The van der Waals surface area contributed by atoms with Gasteiger partial charge in [-0.05, 0) is 28.9 Å². The number of hydrogen-bond donors (Lipinski definition) is 1. The van der Waals surface area contributed by atoms with Crippen molar-refractivity contribution in [3.8, 4) is 0 Å². The van der Waals surface area contributed by atoms with Gasteiger partial charge >= 0.3 is 6.18 Å². The molecular weight excluding hydrogens is 503 g/mol. The third kappa shape index (κ3) is 6.48. The summed E-state index contributed by atoms with van der Waals surface area (Å²) in [6, 6.07) is 7.41. The van der Waals surface area contributed by atoms with E-state index < -0.39 is 28.2 Å². The average Bonchev–Trinajstić information content (AvgIpc) is 3.20. The van der Waals surface area contributed by atoms with E-state index in [1.807, 2.05) is 55.5 Å². The lowest BCUT2D eigenvalue weighted by Crippen LogP contribution is -2.23. The standard InChI is InChI=1S/C27H30F3N3O3S/c1-18-5-3-4-6-22(18)16-37(35,36)17-26-32-31-25(15-34)33(26)14-20-7-9-21(10-8-20)24-12-11-23(13-19(24)2)27(28,29)30/h3-13,18-19,22,24,34H,14-17H2,1-2H3. The highest BCUT2D eigenvalue weighted by Crippen LogP contribution is 2.37. The maximum atomic E-state index is 13.0. The molecule has 0 spiro atoms. The van der Waals surface area contributed by atoms with Crippen molar-refractivity contribution in [1.29, 1.82) is 0 Å². The number of benzene rings is 1. The van der Waals surface area contributed by atoms with Crippen LogP contribution in [-0.4, -0.2) is 40.2 Å². The number of alkyl halides is 3. The molecule has 0 saturated carbocycles. The van der Waals surface area contributed by atoms with E-state index in [0.717, 1.165) is 17.2 Å². The zero-order valence-electron chi connectivity index (χ0n) is 20.6. The third-order valence-electron chi connectivity index (χ3n) is 6.92. The molecule has 198 valence electrons. The van der Waals surface area contributed by atoms with Crippen LogP contribution in [0, 0.1) is 17.8 Å². The molecule has 4 unspecified atom stereocenters. The summed E-state index contributed by atoms with van der Waals surface area (Å²) in [6.07, 6.45) is 7.22. The van der Waals surface area contributed by atoms with Gasteiger partial charge in [-0.3, -0.25) is 0 Å². The highest BCUT2D eigenvalue weighted by molar-refractivity contribution is 7.90. The van der Waals surface area contributed by atoms with Crippen LogP contribution in [-0.2, 0) is 28.7 Å². The Bertz CT molecular complexity index is 1340. The number of aliphatic hydroxyl groups excluding tert-OH is 1. The van der Waals surface area contributed by atoms with Crippen molar-refractivity contribution in [2.75, 3.05) is 5.75 Å². The molecule has 4 rings (SSSR count). The molecular formula is C27H30F3N3O3S. The highest BCUT2D eigenvalue weighted by atomic mass is 32.2. The van der Waals surface area contributed by atoms with Gasteiger partial charge in [0, 0.05) is 5.92 Å². The number of rotatable bonds is 8. The SMILES string of the molecule is CC1C=CC=CC1CS(=O)(=O)Cc1nnc(CO)n1Cc1ccc(C2C=CC(C(F)(F)F)=CC2C)cc1. The van der Waals surface area contributed by atoms with E-state index in [1.165, 1.54) is 6.08 Å². The van der Waals surface area contributed by atoms with Crippen LogP contribution in [0.5, 0.6) is 0 Å². The number of aromatic nitrogens is 3. The number of halogens is 3. The molecule has 2 aromatic rings. The molecule has 4 atom stereocenters. The first kappa shape index (κ1) is 27.1. The van der Waals surface area contributed by atoms with Crippen LogP contribution in [0.15, 0.2) is 72.4 Å². The Labute approximate surface area is 214 Å². The van der Waals surface area contributed by atoms with Gasteiger partial charge in [-0.1, -0.05) is 80.6 Å². The Balaban J connectivity index is 1.48. The van der Waals surface area contributed by atoms with Crippen LogP contribution in [0.4, 0.5) is 13.2 Å². The fourth-order valence-electron chi connectivity index (χ4n) is 4.76. The van der Waals surface area contributed by atoms with Crippen LogP contribution in [0.25, 0.3) is 0 Å². The minimum absolute atomic E-state index is 0.0113. The Morgan fingerprint density at radius 2 is 1.65 bits per heavy atom. The van der Waals surface area contributed by atoms with Gasteiger partial charge in [0.2, 0.25) is 0 Å². The Morgan fingerprint density at radius 3 is 2.27 bits per heavy atom. The van der Waals surface area contributed by atoms with Crippen molar-refractivity contribution >= 4 is 9.84 Å². The molecule has 2 aliphatic carbocycles. The van der Waals surface area contributed by atoms with E-state index in [2.05, 4.69) is 10.2 Å². The van der Waals surface area contributed by atoms with Crippen molar-refractivity contribution in [2.45, 2.75) is 44.8 Å². The van der Waals surface area contributed by atoms with Crippen molar-refractivity contribution in [2.24, 2.45) is 17.8 Å². The van der Waals surface area contributed by atoms with Crippen LogP contribution in [0.2, 0.25) is 0 Å². The lowest BCUT2D eigenvalue weighted by Gasteiger charge is -2.24. The average molecular weight is 534 g/mol. The van der Waals surface area contributed by atoms with Gasteiger partial charge in [0.25, 0.3) is 0 Å². The first-order valence-electron chi connectivity index (χ1n) is 12.1. The van der Waals surface area contributed by atoms with Gasteiger partial charge in [0.1, 0.15) is 18.2 Å². The minimum atomic E-state index is -4.36. The van der Waals surface area contributed by atoms with Gasteiger partial charge in [-0.25, -0.2) is 8.42 Å². The lowest BCUT2D eigenvalue weighted by atomic mass is 9.82. The normalized spacial score (nSPS) is 23.9. The fraction of sp³-hybridized carbons (Fsp3) is 0.407. The number of hydrogen-bond acceptors (Lipinski definition) is 5. The molecule has 0 aliphatic heterocycles. The molecule has 6 nitrogen and oxygen atoms in total. The summed E-state index contributed by atoms with van der Waals surface area (Å²) in [7, 11) is -3.50. The summed E-state index contributed by atoms with van der Waals surface area (Å²) in [6.45, 7) is 3.60. The maximum Gasteiger partial charge on any atom is 0.416 e. The quantitative estimate of drug-likeness (QED) is 0.522. The summed E-state index contributed by atoms with van der Waals surface area (Å²) in [4.78, 5) is 0. The highest BCUT2D eigenvalue weighted by Gasteiger charge is 2.35. The third-order valence-corrected chi connectivity index (χ3v) is 8.52. The van der Waals surface area contributed by atoms with Crippen LogP contribution < -0.4 is 0 Å². The summed E-state index contributed by atoms with van der Waals surface area (Å²) >= 11 is 0. The maximum absolute atomic E-state index is 13.0. The van der Waals surface area contributed by atoms with Gasteiger partial charge in [-0.2, -0.15) is 13.2 Å². The molecule has 1 aromatic heterocycles. The molecule has 1 N–H and O–H groups in total. The van der Waals surface area contributed by atoms with Gasteiger partial charge in [0.15, 0.2) is 15.7 Å². The van der Waals surface area contributed by atoms with Crippen LogP contribution in [0.1, 0.15) is 42.5 Å². The van der Waals surface area contributed by atoms with E-state index >= 15 is 0 Å². The van der Waals surface area contributed by atoms with Crippen molar-refractivity contribution < 1.29 is 26.7 Å². The zero-order chi connectivity index (χ0) is 26.8. The number of aliphatic hydroxyl groups is 1. The van der Waals surface area contributed by atoms with Crippen LogP contribution >= 0.6 is 0 Å². The molecule has 0 radical (unpaired) electrons. The Kier molecular flexibility index (Phi) is 7.89. The van der Waals surface area contributed by atoms with Gasteiger partial charge < -0.3 is 9.67 Å². The number of allylic oxidation sites excluding steroid dienone is 8. The van der Waals surface area contributed by atoms with E-state index in [-0.39, 0.29) is 53.4 Å². The molecule has 10 heteroatoms. The fourth-order valence-corrected chi connectivity index (χ4v) is 6.48. The molecule has 37 heavy (non-hydrogen) atoms. The second-order valence-corrected chi connectivity index (χ2v) is 11.8. The van der Waals surface area contributed by atoms with Crippen molar-refractivity contribution in [1.82, 2.24) is 14.8 Å². The van der Waals surface area contributed by atoms with Crippen molar-refractivity contribution in [3.05, 3.63) is 95.1 Å². The first-order valence-corrected chi connectivity index (χ1v) is 13.9. The summed E-state index contributed by atoms with van der Waals surface area (Å²) in [5.74, 6) is -0.299. The first-order chi connectivity index (χ1) is 17.5. The van der Waals surface area contributed by atoms with Gasteiger partial charge in [-0.15, -0.1) is 10.2 Å². The molecule has 1 heterocycles. The van der Waals surface area contributed by atoms with E-state index in [1.54, 1.807) is 17.6 Å². The van der Waals surface area contributed by atoms with Crippen LogP contribution in [0.3, 0.4) is 0 Å². The topological polar surface area (TPSA) is 85.1 Å². The van der Waals surface area contributed by atoms with E-state index in [0.29, 0.717) is 0 Å². The van der Waals surface area contributed by atoms with E-state index in [9.17, 15) is 26.7 Å². The summed E-state index contributed by atoms with van der Waals surface area (Å²) in [5.41, 5.74) is 1.07. The predicted molar refractivity (Wildman–Crippen MR) is 135 cm³/mol. The molecule has 0 saturated heterocycles. The molecule has 1 aromatic carbocycles. The number of sulfone groups is 1. The number of nitrogens with zero attached hydrogens (tertiary/aromatic N) is 3. The second kappa shape index (κ2) is 10.8. The molecule has 0 amide bonds. The monoisotopic (exact) mass is 533 g/mol. The smallest absolute Gasteiger partial charge is 0.388 e. The second-order valence-electron chi connectivity index (χ2n) is 9.73.